The predicted molar refractivity (Wildman–Crippen MR) is 577 cm³/mol. The summed E-state index contributed by atoms with van der Waals surface area (Å²) in [6.45, 7) is 25.9. The van der Waals surface area contributed by atoms with Gasteiger partial charge in [0.15, 0.2) is 57.3 Å². The van der Waals surface area contributed by atoms with Gasteiger partial charge in [-0.15, -0.1) is 11.3 Å². The number of piperidine rings is 3. The first-order chi connectivity index (χ1) is 69.4. The van der Waals surface area contributed by atoms with Crippen LogP contribution in [0.15, 0.2) is 185 Å². The Morgan fingerprint density at radius 3 is 1.14 bits per heavy atom. The van der Waals surface area contributed by atoms with Crippen molar-refractivity contribution in [3.8, 4) is 56.3 Å². The van der Waals surface area contributed by atoms with Gasteiger partial charge < -0.3 is 36.8 Å². The lowest BCUT2D eigenvalue weighted by molar-refractivity contribution is 0.0682. The normalized spacial score (nSPS) is 14.0. The standard InChI is InChI=1S/C21H26N8S.C20H24N8S.C20H23N7S.C19H16N8S.C17H19FN8S.3CH4/c1-14-12-29-17(15-9-23-24-10-15)11-22-20(29)19(25-14)26-18-8-16(27-30-18)13-28-7-5-4-6-21(28,2)3;1-14-13-28-17(15-10-22-23-11-15)12-21-20(28)19(24-14)25-18-9-16(26-29-18)5-8-27-6-3-2-4-7-27;1-14-12-27-17(15-9-22-23-10-15)11-21-20(27)19(24-14)25-18-6-5-16(28-18)13-26-7-3-2-4-8-26;1-12-11-27-16(13-8-22-23-9-13)10-21-19(27)18(24-12)25-17-7-15(26-28-17)6-14-4-2-3-5-20-14;1-10(18)4-19-7-13-3-15(27-25-13)24-16-17-20-8-14(12-5-21-22-6-12)26(17)9-11(2)23-16;;;/h8-12H,4-7,13H2,1-3H3,(H,23,24)(H,25,26);9-13H,2-8H2,1H3,(H,22,23)(H,24,25);5-6,9-12H,2-4,7-8,13H2,1H3,(H,22,23)(H,24,25);2-5,7-11H,6H2,1H3,(H,22,23)(H,24,25);3,5-6,8-10,19H,4,7H2,1-2H3,(H,21,22)(H,23,24);3*1H4. The van der Waals surface area contributed by atoms with Crippen LogP contribution in [0.5, 0.6) is 0 Å². The van der Waals surface area contributed by atoms with Crippen molar-refractivity contribution >= 4 is 140 Å². The number of pyridine rings is 1. The molecular formula is C100H120FN39S5. The number of rotatable bonds is 28. The second-order valence-corrected chi connectivity index (χ2v) is 40.4. The molecule has 0 amide bonds. The number of aromatic amines is 5. The number of aryl methyl sites for hydroxylation is 5. The topological polar surface area (TPSA) is 441 Å². The van der Waals surface area contributed by atoms with E-state index in [-0.39, 0.29) is 27.8 Å². The highest BCUT2D eigenvalue weighted by atomic mass is 32.1. The number of nitrogens with zero attached hydrogens (tertiary/aromatic N) is 28. The lowest BCUT2D eigenvalue weighted by atomic mass is 9.90. The Balaban J connectivity index is 0.000000124. The Hall–Kier alpha value is -14.7. The molecule has 0 aromatic carbocycles. The number of nitrogens with one attached hydrogen (secondary N) is 11. The summed E-state index contributed by atoms with van der Waals surface area (Å²) in [7, 11) is 0. The predicted octanol–water partition coefficient (Wildman–Crippen LogP) is 20.9. The van der Waals surface area contributed by atoms with Crippen molar-refractivity contribution in [2.45, 2.75) is 180 Å². The number of thiophene rings is 1. The smallest absolute Gasteiger partial charge is 0.180 e. The minimum absolute atomic E-state index is 0. The molecule has 3 saturated heterocycles. The summed E-state index contributed by atoms with van der Waals surface area (Å²) in [6.07, 6.45) is 51.7. The molecule has 24 heterocycles. The molecule has 752 valence electrons. The molecule has 145 heavy (non-hydrogen) atoms. The Kier molecular flexibility index (Phi) is 32.8. The Bertz CT molecular complexity index is 7670. The minimum Gasteiger partial charge on any atom is -0.329 e. The van der Waals surface area contributed by atoms with Gasteiger partial charge in [-0.25, -0.2) is 54.2 Å². The number of likely N-dealkylation sites (tertiary alicyclic amines) is 3. The van der Waals surface area contributed by atoms with Crippen LogP contribution in [-0.4, -0.2) is 218 Å². The maximum absolute atomic E-state index is 12.9. The highest BCUT2D eigenvalue weighted by Gasteiger charge is 2.31. The molecule has 0 bridgehead atoms. The molecular weight excluding hydrogens is 1930 g/mol. The number of anilines is 10. The molecule has 24 rings (SSSR count). The minimum atomic E-state index is -0.879. The first-order valence-electron chi connectivity index (χ1n) is 47.3. The molecule has 0 saturated carbocycles. The number of halogens is 1. The third-order valence-corrected chi connectivity index (χ3v) is 28.6. The number of fused-ring (bicyclic) bond motifs is 5. The van der Waals surface area contributed by atoms with Crippen molar-refractivity contribution in [3.05, 3.63) is 247 Å². The van der Waals surface area contributed by atoms with E-state index in [9.17, 15) is 4.39 Å². The van der Waals surface area contributed by atoms with Crippen LogP contribution >= 0.6 is 57.5 Å². The van der Waals surface area contributed by atoms with Crippen LogP contribution in [0.25, 0.3) is 84.5 Å². The Morgan fingerprint density at radius 2 is 0.752 bits per heavy atom. The van der Waals surface area contributed by atoms with Crippen molar-refractivity contribution in [2.24, 2.45) is 0 Å². The van der Waals surface area contributed by atoms with E-state index in [2.05, 4.69) is 203 Å². The number of hydrogen-bond acceptors (Lipinski definition) is 34. The highest BCUT2D eigenvalue weighted by Crippen LogP contribution is 2.38. The van der Waals surface area contributed by atoms with Crippen LogP contribution in [0, 0.1) is 34.6 Å². The van der Waals surface area contributed by atoms with Gasteiger partial charge in [0.25, 0.3) is 0 Å². The third kappa shape index (κ3) is 24.7. The number of aromatic nitrogens is 30. The SMILES string of the molecule is C.C.C.Cc1cn2c(-c3cn[nH]c3)cnc2c(Nc2cc(CCN3CCCCC3)ns2)n1.Cc1cn2c(-c3cn[nH]c3)cnc2c(Nc2cc(CN3CCCCC3(C)C)ns2)n1.Cc1cn2c(-c3cn[nH]c3)cnc2c(Nc2cc(CNCC(C)F)ns2)n1.Cc1cn2c(-c3cn[nH]c3)cnc2c(Nc2cc(Cc3ccccn3)ns2)n1.Cc1cn2c(-c3cn[nH]c3)cnc2c(Nc2ccc(CN3CCCCC3)s2)n1. The molecule has 1 unspecified atom stereocenters. The largest absolute Gasteiger partial charge is 0.329 e. The zero-order valence-electron chi connectivity index (χ0n) is 79.7. The van der Waals surface area contributed by atoms with E-state index in [4.69, 9.17) is 9.36 Å². The van der Waals surface area contributed by atoms with E-state index in [0.717, 1.165) is 217 Å². The molecule has 0 radical (unpaired) electrons. The van der Waals surface area contributed by atoms with Gasteiger partial charge in [-0.05, 0) is 221 Å². The van der Waals surface area contributed by atoms with E-state index >= 15 is 0 Å². The maximum atomic E-state index is 12.9. The number of hydrogen-bond donors (Lipinski definition) is 11. The molecule has 11 N–H and O–H groups in total. The molecule has 21 aromatic heterocycles. The average Bonchev–Trinajstić information content (AvgIpc) is 1.65. The van der Waals surface area contributed by atoms with Crippen LogP contribution in [0.3, 0.4) is 0 Å². The number of alkyl halides is 1. The van der Waals surface area contributed by atoms with Gasteiger partial charge in [-0.3, -0.25) is 62.3 Å². The monoisotopic (exact) mass is 2050 g/mol. The molecule has 3 aliphatic heterocycles. The van der Waals surface area contributed by atoms with Crippen molar-refractivity contribution < 1.29 is 4.39 Å². The van der Waals surface area contributed by atoms with Crippen molar-refractivity contribution in [2.75, 3.05) is 72.4 Å². The summed E-state index contributed by atoms with van der Waals surface area (Å²) in [6, 6.07) is 18.5. The third-order valence-electron chi connectivity index (χ3n) is 24.6. The van der Waals surface area contributed by atoms with Crippen LogP contribution < -0.4 is 31.9 Å². The Morgan fingerprint density at radius 1 is 0.386 bits per heavy atom. The highest BCUT2D eigenvalue weighted by molar-refractivity contribution is 7.16. The molecule has 0 spiro atoms. The van der Waals surface area contributed by atoms with Crippen LogP contribution in [-0.2, 0) is 32.5 Å². The van der Waals surface area contributed by atoms with Gasteiger partial charge in [-0.2, -0.15) is 43.0 Å². The molecule has 1 atom stereocenters. The van der Waals surface area contributed by atoms with Gasteiger partial charge in [-0.1, -0.05) is 47.6 Å². The van der Waals surface area contributed by atoms with Gasteiger partial charge >= 0.3 is 0 Å². The first kappa shape index (κ1) is 102. The van der Waals surface area contributed by atoms with Crippen LogP contribution in [0.1, 0.15) is 163 Å². The van der Waals surface area contributed by atoms with Gasteiger partial charge in [0, 0.05) is 158 Å². The van der Waals surface area contributed by atoms with Gasteiger partial charge in [0.1, 0.15) is 26.2 Å². The number of imidazole rings is 5. The summed E-state index contributed by atoms with van der Waals surface area (Å²) >= 11 is 7.48. The maximum Gasteiger partial charge on any atom is 0.180 e. The zero-order valence-corrected chi connectivity index (χ0v) is 83.8. The van der Waals surface area contributed by atoms with Crippen molar-refractivity contribution in [3.63, 3.8) is 0 Å². The van der Waals surface area contributed by atoms with Crippen LogP contribution in [0.4, 0.5) is 58.5 Å². The summed E-state index contributed by atoms with van der Waals surface area (Å²) < 4.78 is 41.3. The quantitative estimate of drug-likeness (QED) is 0.0217. The van der Waals surface area contributed by atoms with Gasteiger partial charge in [0.05, 0.1) is 147 Å². The molecule has 3 aliphatic rings. The fourth-order valence-corrected chi connectivity index (χ4v) is 21.3. The molecule has 0 aliphatic carbocycles. The van der Waals surface area contributed by atoms with Gasteiger partial charge in [0.2, 0.25) is 0 Å². The van der Waals surface area contributed by atoms with Crippen molar-refractivity contribution in [1.82, 2.24) is 165 Å². The summed E-state index contributed by atoms with van der Waals surface area (Å²) in [5.41, 5.74) is 23.4. The fourth-order valence-electron chi connectivity index (χ4n) is 17.6. The van der Waals surface area contributed by atoms with E-state index in [0.29, 0.717) is 31.1 Å². The zero-order chi connectivity index (χ0) is 97.0. The summed E-state index contributed by atoms with van der Waals surface area (Å²) in [5.74, 6) is 3.61. The summed E-state index contributed by atoms with van der Waals surface area (Å²) in [4.78, 5) is 59.5. The number of H-pyrrole nitrogens is 5. The first-order valence-corrected chi connectivity index (χ1v) is 51.2. The molecule has 39 nitrogen and oxygen atoms in total. The van der Waals surface area contributed by atoms with E-state index < -0.39 is 6.17 Å². The molecule has 21 aromatic rings. The van der Waals surface area contributed by atoms with Crippen LogP contribution in [0.2, 0.25) is 0 Å². The van der Waals surface area contributed by atoms with E-state index in [1.54, 1.807) is 54.7 Å². The summed E-state index contributed by atoms with van der Waals surface area (Å²) in [5, 5.41) is 59.3. The second-order valence-electron chi connectivity index (χ2n) is 36.0. The fraction of sp³-hybridized carbons (Fsp3) is 0.340. The van der Waals surface area contributed by atoms with E-state index in [1.165, 1.54) is 142 Å². The lowest BCUT2D eigenvalue weighted by Crippen LogP contribution is -2.46. The molecule has 45 heteroatoms. The molecule has 3 fully saturated rings. The lowest BCUT2D eigenvalue weighted by Gasteiger charge is -2.42. The second kappa shape index (κ2) is 46.8. The average molecular weight is 2050 g/mol. The van der Waals surface area contributed by atoms with E-state index in [1.807, 2.05) is 169 Å². The Labute approximate surface area is 858 Å². The van der Waals surface area contributed by atoms with Crippen molar-refractivity contribution in [1.29, 1.82) is 0 Å².